The average Bonchev–Trinajstić information content (AvgIpc) is 2.81. The van der Waals surface area contributed by atoms with Crippen LogP contribution in [0.25, 0.3) is 0 Å². The highest BCUT2D eigenvalue weighted by Crippen LogP contribution is 2.24. The van der Waals surface area contributed by atoms with Crippen molar-refractivity contribution in [3.63, 3.8) is 0 Å². The number of hydrogen-bond acceptors (Lipinski definition) is 5. The largest absolute Gasteiger partial charge is 0.282 e. The number of aromatic nitrogens is 2. The van der Waals surface area contributed by atoms with Crippen LogP contribution in [0.2, 0.25) is 0 Å². The van der Waals surface area contributed by atoms with Gasteiger partial charge in [-0.15, -0.1) is 0 Å². The summed E-state index contributed by atoms with van der Waals surface area (Å²) in [5.41, 5.74) is 1.04. The first-order valence-corrected chi connectivity index (χ1v) is 11.2. The van der Waals surface area contributed by atoms with Gasteiger partial charge in [0, 0.05) is 46.3 Å². The number of piperazine rings is 1. The minimum atomic E-state index is -3.69. The van der Waals surface area contributed by atoms with Crippen molar-refractivity contribution in [3.8, 4) is 0 Å². The highest BCUT2D eigenvalue weighted by Gasteiger charge is 2.37. The normalized spacial score (nSPS) is 18.2. The second-order valence-electron chi connectivity index (χ2n) is 6.02. The molecule has 2 rings (SSSR count). The quantitative estimate of drug-likeness (QED) is 0.674. The van der Waals surface area contributed by atoms with E-state index in [0.717, 1.165) is 0 Å². The monoisotopic (exact) mass is 393 g/mol. The van der Waals surface area contributed by atoms with E-state index in [1.165, 1.54) is 12.9 Å². The average molecular weight is 394 g/mol. The van der Waals surface area contributed by atoms with Gasteiger partial charge in [0.25, 0.3) is 10.2 Å². The molecule has 0 atom stereocenters. The molecule has 0 amide bonds. The van der Waals surface area contributed by atoms with Crippen molar-refractivity contribution in [1.82, 2.24) is 22.7 Å². The molecule has 1 fully saturated rings. The minimum Gasteiger partial charge on any atom is -0.271 e. The molecule has 1 saturated heterocycles. The summed E-state index contributed by atoms with van der Waals surface area (Å²) in [5.74, 6) is 0. The zero-order chi connectivity index (χ0) is 19.0. The van der Waals surface area contributed by atoms with Crippen LogP contribution in [0, 0.1) is 13.8 Å². The molecule has 11 heteroatoms. The van der Waals surface area contributed by atoms with Crippen molar-refractivity contribution >= 4 is 20.2 Å². The van der Waals surface area contributed by atoms with Crippen LogP contribution in [0.3, 0.4) is 0 Å². The number of rotatable bonds is 6. The lowest BCUT2D eigenvalue weighted by Crippen LogP contribution is -2.54. The van der Waals surface area contributed by atoms with Crippen molar-refractivity contribution in [2.75, 3.05) is 39.3 Å². The van der Waals surface area contributed by atoms with E-state index < -0.39 is 20.2 Å². The van der Waals surface area contributed by atoms with Crippen LogP contribution in [0.1, 0.15) is 25.2 Å². The van der Waals surface area contributed by atoms with Crippen LogP contribution >= 0.6 is 0 Å². The second kappa shape index (κ2) is 7.31. The molecule has 25 heavy (non-hydrogen) atoms. The van der Waals surface area contributed by atoms with Crippen molar-refractivity contribution in [2.24, 2.45) is 7.05 Å². The smallest absolute Gasteiger partial charge is 0.271 e. The lowest BCUT2D eigenvalue weighted by Gasteiger charge is -2.35. The fourth-order valence-corrected chi connectivity index (χ4v) is 6.54. The molecule has 0 bridgehead atoms. The van der Waals surface area contributed by atoms with E-state index in [9.17, 15) is 16.8 Å². The van der Waals surface area contributed by atoms with Gasteiger partial charge in [0.05, 0.1) is 11.4 Å². The maximum Gasteiger partial charge on any atom is 0.282 e. The summed E-state index contributed by atoms with van der Waals surface area (Å²) in [7, 11) is -5.52. The van der Waals surface area contributed by atoms with Crippen LogP contribution in [0.15, 0.2) is 4.90 Å². The summed E-state index contributed by atoms with van der Waals surface area (Å²) < 4.78 is 56.6. The van der Waals surface area contributed by atoms with Gasteiger partial charge >= 0.3 is 0 Å². The fraction of sp³-hybridized carbons (Fsp3) is 0.786. The van der Waals surface area contributed by atoms with Gasteiger partial charge in [-0.1, -0.05) is 13.8 Å². The summed E-state index contributed by atoms with van der Waals surface area (Å²) in [6.45, 7) is 8.32. The number of hydrogen-bond donors (Lipinski definition) is 0. The molecule has 0 aromatic carbocycles. The van der Waals surface area contributed by atoms with Gasteiger partial charge in [0.1, 0.15) is 4.90 Å². The second-order valence-corrected chi connectivity index (χ2v) is 9.82. The highest BCUT2D eigenvalue weighted by molar-refractivity contribution is 7.89. The third-order valence-electron chi connectivity index (χ3n) is 4.60. The van der Waals surface area contributed by atoms with Crippen LogP contribution in [-0.4, -0.2) is 78.8 Å². The zero-order valence-corrected chi connectivity index (χ0v) is 17.1. The first-order chi connectivity index (χ1) is 11.6. The third kappa shape index (κ3) is 3.61. The Labute approximate surface area is 150 Å². The Morgan fingerprint density at radius 2 is 1.44 bits per heavy atom. The Morgan fingerprint density at radius 1 is 0.960 bits per heavy atom. The molecule has 0 spiro atoms. The lowest BCUT2D eigenvalue weighted by molar-refractivity contribution is 0.256. The van der Waals surface area contributed by atoms with E-state index in [1.54, 1.807) is 39.4 Å². The molecular weight excluding hydrogens is 366 g/mol. The summed E-state index contributed by atoms with van der Waals surface area (Å²) in [6, 6.07) is 0. The van der Waals surface area contributed by atoms with Crippen molar-refractivity contribution in [2.45, 2.75) is 32.6 Å². The van der Waals surface area contributed by atoms with Gasteiger partial charge < -0.3 is 0 Å². The fourth-order valence-electron chi connectivity index (χ4n) is 3.11. The van der Waals surface area contributed by atoms with Gasteiger partial charge in [-0.2, -0.15) is 26.4 Å². The molecule has 0 unspecified atom stereocenters. The Morgan fingerprint density at radius 3 is 1.84 bits per heavy atom. The van der Waals surface area contributed by atoms with Crippen LogP contribution in [0.4, 0.5) is 0 Å². The van der Waals surface area contributed by atoms with Crippen LogP contribution < -0.4 is 0 Å². The standard InChI is InChI=1S/C14H27N5O4S2/c1-6-17(7-2)25(22,23)19-10-8-18(9-11-19)24(20,21)14-12(3)15-16(5)13(14)4/h6-11H2,1-5H3. The summed E-state index contributed by atoms with van der Waals surface area (Å²) >= 11 is 0. The molecule has 144 valence electrons. The van der Waals surface area contributed by atoms with E-state index in [2.05, 4.69) is 5.10 Å². The Bertz CT molecular complexity index is 820. The third-order valence-corrected chi connectivity index (χ3v) is 8.93. The molecule has 2 heterocycles. The first kappa shape index (κ1) is 20.3. The highest BCUT2D eigenvalue weighted by atomic mass is 32.2. The summed E-state index contributed by atoms with van der Waals surface area (Å²) in [5, 5.41) is 4.17. The van der Waals surface area contributed by atoms with Crippen molar-refractivity contribution in [3.05, 3.63) is 11.4 Å². The van der Waals surface area contributed by atoms with Gasteiger partial charge in [-0.05, 0) is 13.8 Å². The number of sulfonamides is 1. The molecule has 1 aromatic rings. The topological polar surface area (TPSA) is 95.8 Å². The molecule has 1 aliphatic heterocycles. The Hall–Kier alpha value is -1.01. The van der Waals surface area contributed by atoms with Crippen LogP contribution in [-0.2, 0) is 27.3 Å². The Balaban J connectivity index is 2.20. The minimum absolute atomic E-state index is 0.136. The molecule has 0 aliphatic carbocycles. The van der Waals surface area contributed by atoms with E-state index in [-0.39, 0.29) is 31.1 Å². The summed E-state index contributed by atoms with van der Waals surface area (Å²) in [4.78, 5) is 0.218. The predicted octanol–water partition coefficient (Wildman–Crippen LogP) is -0.0702. The van der Waals surface area contributed by atoms with Gasteiger partial charge in [0.15, 0.2) is 0 Å². The number of aryl methyl sites for hydroxylation is 2. The molecule has 0 saturated carbocycles. The molecular formula is C14H27N5O4S2. The maximum atomic E-state index is 12.9. The molecule has 0 radical (unpaired) electrons. The molecule has 1 aliphatic rings. The van der Waals surface area contributed by atoms with Gasteiger partial charge in [-0.3, -0.25) is 4.68 Å². The SMILES string of the molecule is CCN(CC)S(=O)(=O)N1CCN(S(=O)(=O)c2c(C)nn(C)c2C)CC1. The van der Waals surface area contributed by atoms with Crippen LogP contribution in [0.5, 0.6) is 0 Å². The van der Waals surface area contributed by atoms with E-state index in [0.29, 0.717) is 24.5 Å². The van der Waals surface area contributed by atoms with Gasteiger partial charge in [-0.25, -0.2) is 8.42 Å². The maximum absolute atomic E-state index is 12.9. The predicted molar refractivity (Wildman–Crippen MR) is 94.9 cm³/mol. The lowest BCUT2D eigenvalue weighted by atomic mass is 10.4. The van der Waals surface area contributed by atoms with E-state index in [4.69, 9.17) is 0 Å². The Kier molecular flexibility index (Phi) is 5.94. The molecule has 0 N–H and O–H groups in total. The summed E-state index contributed by atoms with van der Waals surface area (Å²) in [6.07, 6.45) is 0. The zero-order valence-electron chi connectivity index (χ0n) is 15.4. The first-order valence-electron chi connectivity index (χ1n) is 8.32. The number of nitrogens with zero attached hydrogens (tertiary/aromatic N) is 5. The molecule has 9 nitrogen and oxygen atoms in total. The van der Waals surface area contributed by atoms with Crippen molar-refractivity contribution in [1.29, 1.82) is 0 Å². The van der Waals surface area contributed by atoms with Crippen molar-refractivity contribution < 1.29 is 16.8 Å². The van der Waals surface area contributed by atoms with E-state index in [1.807, 2.05) is 0 Å². The van der Waals surface area contributed by atoms with E-state index >= 15 is 0 Å². The van der Waals surface area contributed by atoms with Gasteiger partial charge in [0.2, 0.25) is 10.0 Å². The molecule has 1 aromatic heterocycles.